The minimum Gasteiger partial charge on any atom is -0.444 e. The second-order valence-electron chi connectivity index (χ2n) is 8.32. The summed E-state index contributed by atoms with van der Waals surface area (Å²) in [6, 6.07) is 0.470. The number of nitrogens with one attached hydrogen (secondary N) is 2. The number of piperidine rings is 1. The Hall–Kier alpha value is -0.830. The molecule has 1 unspecified atom stereocenters. The number of aliphatic imine (C=N–C) groups is 1. The van der Waals surface area contributed by atoms with Gasteiger partial charge < -0.3 is 15.1 Å². The summed E-state index contributed by atoms with van der Waals surface area (Å²) >= 11 is 0. The van der Waals surface area contributed by atoms with Crippen LogP contribution in [0, 0.1) is 19.8 Å². The summed E-state index contributed by atoms with van der Waals surface area (Å²) < 4.78 is 5.73. The van der Waals surface area contributed by atoms with Crippen LogP contribution in [0.4, 0.5) is 0 Å². The molecule has 2 heterocycles. The van der Waals surface area contributed by atoms with Gasteiger partial charge in [-0.2, -0.15) is 0 Å². The highest BCUT2D eigenvalue weighted by Crippen LogP contribution is 2.19. The molecule has 1 aromatic rings. The number of guanidine groups is 1. The maximum Gasteiger partial charge on any atom is 0.208 e. The molecule has 1 fully saturated rings. The van der Waals surface area contributed by atoms with Crippen molar-refractivity contribution in [2.45, 2.75) is 85.2 Å². The lowest BCUT2D eigenvalue weighted by Crippen LogP contribution is -2.45. The molecule has 6 nitrogen and oxygen atoms in total. The molecule has 2 rings (SSSR count). The highest BCUT2D eigenvalue weighted by molar-refractivity contribution is 14.0. The van der Waals surface area contributed by atoms with Crippen molar-refractivity contribution in [3.63, 3.8) is 0 Å². The Morgan fingerprint density at radius 2 is 1.97 bits per heavy atom. The molecule has 0 amide bonds. The van der Waals surface area contributed by atoms with Crippen LogP contribution < -0.4 is 10.6 Å². The Bertz CT molecular complexity index is 577. The summed E-state index contributed by atoms with van der Waals surface area (Å²) in [5.74, 6) is 3.43. The van der Waals surface area contributed by atoms with Crippen LogP contribution >= 0.6 is 24.0 Å². The number of hydrogen-bond acceptors (Lipinski definition) is 4. The van der Waals surface area contributed by atoms with Gasteiger partial charge in [-0.25, -0.2) is 4.98 Å². The molecule has 0 radical (unpaired) electrons. The summed E-state index contributed by atoms with van der Waals surface area (Å²) in [5.41, 5.74) is 1.01. The van der Waals surface area contributed by atoms with Crippen LogP contribution in [-0.2, 0) is 6.54 Å². The second-order valence-corrected chi connectivity index (χ2v) is 8.32. The van der Waals surface area contributed by atoms with Gasteiger partial charge in [-0.15, -0.1) is 24.0 Å². The average Bonchev–Trinajstić information content (AvgIpc) is 3.00. The van der Waals surface area contributed by atoms with E-state index in [9.17, 15) is 0 Å². The van der Waals surface area contributed by atoms with E-state index in [1.54, 1.807) is 0 Å². The molecule has 1 saturated heterocycles. The summed E-state index contributed by atoms with van der Waals surface area (Å²) in [7, 11) is 1.86. The number of nitrogens with zero attached hydrogens (tertiary/aromatic N) is 3. The number of aromatic nitrogens is 1. The summed E-state index contributed by atoms with van der Waals surface area (Å²) in [5, 5.41) is 7.08. The van der Waals surface area contributed by atoms with Gasteiger partial charge in [0.05, 0.1) is 12.2 Å². The molecule has 1 aliphatic heterocycles. The molecule has 0 saturated carbocycles. The molecule has 0 aromatic carbocycles. The van der Waals surface area contributed by atoms with E-state index in [1.165, 1.54) is 44.9 Å². The molecule has 29 heavy (non-hydrogen) atoms. The fraction of sp³-hybridized carbons (Fsp3) is 0.818. The Labute approximate surface area is 194 Å². The first kappa shape index (κ1) is 26.2. The maximum absolute atomic E-state index is 5.73. The number of hydrogen-bond donors (Lipinski definition) is 2. The van der Waals surface area contributed by atoms with Crippen molar-refractivity contribution in [2.24, 2.45) is 10.9 Å². The lowest BCUT2D eigenvalue weighted by Gasteiger charge is -2.31. The van der Waals surface area contributed by atoms with Crippen molar-refractivity contribution >= 4 is 29.9 Å². The van der Waals surface area contributed by atoms with E-state index < -0.39 is 0 Å². The normalized spacial score (nSPS) is 17.1. The van der Waals surface area contributed by atoms with Crippen LogP contribution in [0.3, 0.4) is 0 Å². The zero-order valence-corrected chi connectivity index (χ0v) is 21.4. The number of halogens is 1. The standard InChI is InChI=1S/C22H41N5O.HI/c1-6-7-8-9-10-17(2)25-22(23-5)24-15-20-11-13-27(14-12-20)16-21-26-18(3)19(4)28-21;/h17,20H,6-16H2,1-5H3,(H2,23,24,25);1H. The average molecular weight is 520 g/mol. The monoisotopic (exact) mass is 519 g/mol. The van der Waals surface area contributed by atoms with Crippen molar-refractivity contribution in [2.75, 3.05) is 26.7 Å². The lowest BCUT2D eigenvalue weighted by molar-refractivity contribution is 0.164. The van der Waals surface area contributed by atoms with Gasteiger partial charge in [0.25, 0.3) is 0 Å². The van der Waals surface area contributed by atoms with Gasteiger partial charge >= 0.3 is 0 Å². The number of oxazole rings is 1. The fourth-order valence-electron chi connectivity index (χ4n) is 3.77. The number of unbranched alkanes of at least 4 members (excludes halogenated alkanes) is 3. The van der Waals surface area contributed by atoms with Crippen LogP contribution in [0.25, 0.3) is 0 Å². The van der Waals surface area contributed by atoms with Crippen molar-refractivity contribution in [1.29, 1.82) is 0 Å². The van der Waals surface area contributed by atoms with E-state index in [2.05, 4.69) is 39.4 Å². The topological polar surface area (TPSA) is 65.7 Å². The molecular weight excluding hydrogens is 477 g/mol. The summed E-state index contributed by atoms with van der Waals surface area (Å²) in [4.78, 5) is 11.4. The van der Waals surface area contributed by atoms with E-state index in [0.29, 0.717) is 12.0 Å². The maximum atomic E-state index is 5.73. The number of aryl methyl sites for hydroxylation is 2. The van der Waals surface area contributed by atoms with E-state index >= 15 is 0 Å². The number of rotatable bonds is 10. The van der Waals surface area contributed by atoms with Gasteiger partial charge in [-0.3, -0.25) is 9.89 Å². The van der Waals surface area contributed by atoms with Gasteiger partial charge in [-0.05, 0) is 59.0 Å². The molecule has 168 valence electrons. The van der Waals surface area contributed by atoms with Crippen molar-refractivity contribution in [1.82, 2.24) is 20.5 Å². The lowest BCUT2D eigenvalue weighted by atomic mass is 9.97. The molecule has 2 N–H and O–H groups in total. The van der Waals surface area contributed by atoms with Gasteiger partial charge in [-0.1, -0.05) is 32.6 Å². The van der Waals surface area contributed by atoms with Crippen molar-refractivity contribution in [3.05, 3.63) is 17.3 Å². The minimum atomic E-state index is 0. The van der Waals surface area contributed by atoms with Crippen molar-refractivity contribution in [3.8, 4) is 0 Å². The first-order chi connectivity index (χ1) is 13.5. The smallest absolute Gasteiger partial charge is 0.208 e. The third-order valence-electron chi connectivity index (χ3n) is 5.79. The summed E-state index contributed by atoms with van der Waals surface area (Å²) in [6.07, 6.45) is 8.87. The Morgan fingerprint density at radius 1 is 1.24 bits per heavy atom. The van der Waals surface area contributed by atoms with Gasteiger partial charge in [0, 0.05) is 19.6 Å². The summed E-state index contributed by atoms with van der Waals surface area (Å²) in [6.45, 7) is 12.5. The predicted molar refractivity (Wildman–Crippen MR) is 132 cm³/mol. The van der Waals surface area contributed by atoms with Crippen LogP contribution in [-0.4, -0.2) is 48.6 Å². The van der Waals surface area contributed by atoms with Crippen LogP contribution in [0.15, 0.2) is 9.41 Å². The fourth-order valence-corrected chi connectivity index (χ4v) is 3.77. The Balaban J connectivity index is 0.00000420. The first-order valence-electron chi connectivity index (χ1n) is 11.1. The van der Waals surface area contributed by atoms with Crippen LogP contribution in [0.5, 0.6) is 0 Å². The van der Waals surface area contributed by atoms with E-state index in [4.69, 9.17) is 4.42 Å². The highest BCUT2D eigenvalue weighted by Gasteiger charge is 2.21. The molecule has 0 aliphatic carbocycles. The Kier molecular flexibility index (Phi) is 12.9. The third-order valence-corrected chi connectivity index (χ3v) is 5.79. The van der Waals surface area contributed by atoms with E-state index in [0.717, 1.165) is 49.5 Å². The molecule has 0 bridgehead atoms. The van der Waals surface area contributed by atoms with Crippen molar-refractivity contribution < 1.29 is 4.42 Å². The Morgan fingerprint density at radius 3 is 2.55 bits per heavy atom. The molecular formula is C22H42IN5O. The highest BCUT2D eigenvalue weighted by atomic mass is 127. The molecule has 7 heteroatoms. The second kappa shape index (κ2) is 14.2. The third kappa shape index (κ3) is 9.68. The largest absolute Gasteiger partial charge is 0.444 e. The minimum absolute atomic E-state index is 0. The van der Waals surface area contributed by atoms with Gasteiger partial charge in [0.2, 0.25) is 5.89 Å². The quantitative estimate of drug-likeness (QED) is 0.204. The molecule has 1 atom stereocenters. The zero-order valence-electron chi connectivity index (χ0n) is 19.1. The van der Waals surface area contributed by atoms with E-state index in [1.807, 2.05) is 20.9 Å². The molecule has 0 spiro atoms. The van der Waals surface area contributed by atoms with Crippen LogP contribution in [0.2, 0.25) is 0 Å². The number of likely N-dealkylation sites (tertiary alicyclic amines) is 1. The SMILES string of the molecule is CCCCCCC(C)NC(=NC)NCC1CCN(Cc2nc(C)c(C)o2)CC1.I. The first-order valence-corrected chi connectivity index (χ1v) is 11.1. The molecule has 1 aromatic heterocycles. The zero-order chi connectivity index (χ0) is 20.4. The van der Waals surface area contributed by atoms with Crippen LogP contribution in [0.1, 0.15) is 76.1 Å². The van der Waals surface area contributed by atoms with Gasteiger partial charge in [0.15, 0.2) is 5.96 Å². The predicted octanol–water partition coefficient (Wildman–Crippen LogP) is 4.65. The van der Waals surface area contributed by atoms with Gasteiger partial charge in [0.1, 0.15) is 5.76 Å². The molecule has 1 aliphatic rings. The van der Waals surface area contributed by atoms with E-state index in [-0.39, 0.29) is 24.0 Å².